The van der Waals surface area contributed by atoms with Crippen LogP contribution in [0.3, 0.4) is 0 Å². The Balaban J connectivity index is 3.35. The largest absolute Gasteiger partial charge is 0.508 e. The summed E-state index contributed by atoms with van der Waals surface area (Å²) in [4.78, 5) is 112. The van der Waals surface area contributed by atoms with Crippen LogP contribution in [0.25, 0.3) is 0 Å². The van der Waals surface area contributed by atoms with Gasteiger partial charge in [0, 0.05) is 25.0 Å². The van der Waals surface area contributed by atoms with Crippen LogP contribution in [-0.2, 0) is 49.6 Å². The molecule has 1 aromatic carbocycles. The summed E-state index contributed by atoms with van der Waals surface area (Å²) in [6.07, 6.45) is -2.50. The highest BCUT2D eigenvalue weighted by molar-refractivity contribution is 7.80. The summed E-state index contributed by atoms with van der Waals surface area (Å²) in [5.74, 6) is -10.1. The van der Waals surface area contributed by atoms with Gasteiger partial charge in [-0.05, 0) is 42.9 Å². The van der Waals surface area contributed by atoms with Crippen LogP contribution in [-0.4, -0.2) is 111 Å². The number of aliphatic carboxylic acids is 2. The number of carbonyl (C=O) groups is 9. The van der Waals surface area contributed by atoms with E-state index in [0.29, 0.717) is 5.56 Å². The molecule has 0 bridgehead atoms. The summed E-state index contributed by atoms with van der Waals surface area (Å²) < 4.78 is 0. The minimum Gasteiger partial charge on any atom is -0.508 e. The molecule has 53 heavy (non-hydrogen) atoms. The summed E-state index contributed by atoms with van der Waals surface area (Å²) >= 11 is 3.91. The van der Waals surface area contributed by atoms with Gasteiger partial charge in [0.1, 0.15) is 36.0 Å². The van der Waals surface area contributed by atoms with Gasteiger partial charge in [0.15, 0.2) is 0 Å². The predicted octanol–water partition coefficient (Wildman–Crippen LogP) is -3.25. The third-order valence-electron chi connectivity index (χ3n) is 7.50. The van der Waals surface area contributed by atoms with Crippen molar-refractivity contribution in [3.8, 4) is 5.75 Å². The lowest BCUT2D eigenvalue weighted by Gasteiger charge is -2.27. The second kappa shape index (κ2) is 22.5. The zero-order chi connectivity index (χ0) is 40.4. The van der Waals surface area contributed by atoms with E-state index in [1.807, 2.05) is 0 Å². The molecule has 0 spiro atoms. The van der Waals surface area contributed by atoms with Crippen molar-refractivity contribution in [2.24, 2.45) is 23.1 Å². The number of hydrogen-bond acceptors (Lipinski definition) is 12. The molecular weight excluding hydrogens is 720 g/mol. The molecule has 0 radical (unpaired) electrons. The van der Waals surface area contributed by atoms with Crippen LogP contribution in [0, 0.1) is 5.92 Å². The Labute approximate surface area is 310 Å². The van der Waals surface area contributed by atoms with Crippen LogP contribution in [0.2, 0.25) is 0 Å². The van der Waals surface area contributed by atoms with Gasteiger partial charge in [-0.3, -0.25) is 38.4 Å². The minimum atomic E-state index is -1.78. The molecular formula is C32H48N8O12S. The van der Waals surface area contributed by atoms with Gasteiger partial charge in [0.05, 0.1) is 12.5 Å². The number of phenols is 1. The summed E-state index contributed by atoms with van der Waals surface area (Å²) in [7, 11) is 0. The summed E-state index contributed by atoms with van der Waals surface area (Å²) in [5, 5.41) is 40.0. The van der Waals surface area contributed by atoms with Crippen molar-refractivity contribution in [2.75, 3.05) is 5.75 Å². The summed E-state index contributed by atoms with van der Waals surface area (Å²) in [6.45, 7) is 3.47. The van der Waals surface area contributed by atoms with Gasteiger partial charge < -0.3 is 59.1 Å². The molecule has 0 fully saturated rings. The highest BCUT2D eigenvalue weighted by Crippen LogP contribution is 2.13. The van der Waals surface area contributed by atoms with E-state index in [2.05, 4.69) is 39.2 Å². The zero-order valence-electron chi connectivity index (χ0n) is 29.2. The maximum absolute atomic E-state index is 13.5. The number of rotatable bonds is 24. The number of primary amides is 2. The van der Waals surface area contributed by atoms with E-state index in [9.17, 15) is 58.5 Å². The molecule has 0 unspecified atom stereocenters. The minimum absolute atomic E-state index is 0.0422. The van der Waals surface area contributed by atoms with Crippen molar-refractivity contribution in [3.63, 3.8) is 0 Å². The topological polar surface area (TPSA) is 353 Å². The average Bonchev–Trinajstić information content (AvgIpc) is 3.06. The highest BCUT2D eigenvalue weighted by atomic mass is 32.1. The quantitative estimate of drug-likeness (QED) is 0.0461. The molecule has 0 aromatic heterocycles. The molecule has 0 aliphatic carbocycles. The maximum Gasteiger partial charge on any atom is 0.327 e. The zero-order valence-corrected chi connectivity index (χ0v) is 30.1. The van der Waals surface area contributed by atoms with E-state index in [1.165, 1.54) is 24.3 Å². The molecule has 0 saturated heterocycles. The Morgan fingerprint density at radius 3 is 1.66 bits per heavy atom. The second-order valence-electron chi connectivity index (χ2n) is 12.5. The Morgan fingerprint density at radius 2 is 1.15 bits per heavy atom. The van der Waals surface area contributed by atoms with E-state index < -0.39 is 109 Å². The number of amides is 7. The molecule has 1 rings (SSSR count). The molecule has 21 heteroatoms. The predicted molar refractivity (Wildman–Crippen MR) is 189 cm³/mol. The van der Waals surface area contributed by atoms with E-state index in [-0.39, 0.29) is 43.1 Å². The standard InChI is InChI=1S/C32H48N8O12S/c1-15(2)11-20(37-27(46)18(33)7-9-24(34)42)29(48)36-19(8-10-26(44)45)28(47)39-22(13-25(35)43)31(50)38-21(12-16-3-5-17(41)6-4-16)30(49)40-23(14-53)32(51)52/h3-6,15,18-23,41,53H,7-14,33H2,1-2H3,(H2,34,42)(H2,35,43)(H,36,48)(H,37,46)(H,38,50)(H,39,47)(H,40,49)(H,44,45)(H,51,52)/t18-,19-,20-,21-,22-,23-/m0/s1. The Morgan fingerprint density at radius 1 is 0.660 bits per heavy atom. The highest BCUT2D eigenvalue weighted by Gasteiger charge is 2.34. The average molecular weight is 769 g/mol. The van der Waals surface area contributed by atoms with Gasteiger partial charge in [-0.25, -0.2) is 4.79 Å². The number of aromatic hydroxyl groups is 1. The summed E-state index contributed by atoms with van der Waals surface area (Å²) in [6, 6.07) is -3.41. The number of phenolic OH excluding ortho intramolecular Hbond substituents is 1. The van der Waals surface area contributed by atoms with Gasteiger partial charge in [-0.1, -0.05) is 26.0 Å². The number of benzene rings is 1. The molecule has 1 aromatic rings. The first-order valence-electron chi connectivity index (χ1n) is 16.4. The fourth-order valence-corrected chi connectivity index (χ4v) is 4.96. The van der Waals surface area contributed by atoms with Crippen molar-refractivity contribution >= 4 is 65.9 Å². The maximum atomic E-state index is 13.5. The normalized spacial score (nSPS) is 14.3. The van der Waals surface area contributed by atoms with Gasteiger partial charge in [-0.2, -0.15) is 12.6 Å². The molecule has 14 N–H and O–H groups in total. The molecule has 0 heterocycles. The molecule has 20 nitrogen and oxygen atoms in total. The lowest BCUT2D eigenvalue weighted by Crippen LogP contribution is -2.60. The van der Waals surface area contributed by atoms with Crippen molar-refractivity contribution in [3.05, 3.63) is 29.8 Å². The van der Waals surface area contributed by atoms with Crippen LogP contribution >= 0.6 is 12.6 Å². The Hall–Kier alpha value is -5.44. The summed E-state index contributed by atoms with van der Waals surface area (Å²) in [5.41, 5.74) is 16.7. The molecule has 6 atom stereocenters. The number of nitrogens with two attached hydrogens (primary N) is 3. The fourth-order valence-electron chi connectivity index (χ4n) is 4.71. The lowest BCUT2D eigenvalue weighted by molar-refractivity contribution is -0.142. The second-order valence-corrected chi connectivity index (χ2v) is 12.9. The van der Waals surface area contributed by atoms with Gasteiger partial charge in [0.2, 0.25) is 41.4 Å². The van der Waals surface area contributed by atoms with Crippen molar-refractivity contribution < 1.29 is 58.5 Å². The molecule has 0 aliphatic heterocycles. The number of thiol groups is 1. The van der Waals surface area contributed by atoms with Crippen LogP contribution < -0.4 is 43.8 Å². The van der Waals surface area contributed by atoms with E-state index in [1.54, 1.807) is 13.8 Å². The van der Waals surface area contributed by atoms with E-state index >= 15 is 0 Å². The van der Waals surface area contributed by atoms with Crippen molar-refractivity contribution in [1.29, 1.82) is 0 Å². The molecule has 7 amide bonds. The van der Waals surface area contributed by atoms with Crippen LogP contribution in [0.1, 0.15) is 57.9 Å². The SMILES string of the molecule is CC(C)C[C@H](NC(=O)[C@@H](N)CCC(N)=O)C(=O)N[C@@H](CCC(=O)O)C(=O)N[C@@H](CC(N)=O)C(=O)N[C@@H](Cc1ccc(O)cc1)C(=O)N[C@@H](CS)C(=O)O. The number of hydrogen-bond donors (Lipinski definition) is 12. The van der Waals surface area contributed by atoms with Crippen LogP contribution in [0.5, 0.6) is 5.75 Å². The first-order chi connectivity index (χ1) is 24.7. The monoisotopic (exact) mass is 768 g/mol. The fraction of sp³-hybridized carbons (Fsp3) is 0.531. The first kappa shape index (κ1) is 45.6. The smallest absolute Gasteiger partial charge is 0.327 e. The van der Waals surface area contributed by atoms with Crippen LogP contribution in [0.4, 0.5) is 0 Å². The number of carboxylic acids is 2. The number of carbonyl (C=O) groups excluding carboxylic acids is 7. The first-order valence-corrected chi connectivity index (χ1v) is 17.0. The Bertz CT molecular complexity index is 1490. The number of nitrogens with one attached hydrogen (secondary N) is 5. The van der Waals surface area contributed by atoms with Gasteiger partial charge in [0.25, 0.3) is 0 Å². The van der Waals surface area contributed by atoms with Gasteiger partial charge in [-0.15, -0.1) is 0 Å². The number of carboxylic acid groups (broad SMARTS) is 2. The third kappa shape index (κ3) is 17.6. The molecule has 0 aliphatic rings. The molecule has 294 valence electrons. The Kier molecular flexibility index (Phi) is 19.3. The van der Waals surface area contributed by atoms with Gasteiger partial charge >= 0.3 is 11.9 Å². The van der Waals surface area contributed by atoms with Crippen molar-refractivity contribution in [1.82, 2.24) is 26.6 Å². The van der Waals surface area contributed by atoms with E-state index in [4.69, 9.17) is 17.2 Å². The van der Waals surface area contributed by atoms with Crippen LogP contribution in [0.15, 0.2) is 24.3 Å². The van der Waals surface area contributed by atoms with Crippen molar-refractivity contribution in [2.45, 2.75) is 95.0 Å². The molecule has 0 saturated carbocycles. The lowest BCUT2D eigenvalue weighted by atomic mass is 10.0. The third-order valence-corrected chi connectivity index (χ3v) is 7.87. The van der Waals surface area contributed by atoms with E-state index in [0.717, 1.165) is 0 Å².